The molecular formula is C26H39N3O3. The Balaban J connectivity index is 1.48. The number of hydrogen-bond donors (Lipinski definition) is 0. The summed E-state index contributed by atoms with van der Waals surface area (Å²) in [6, 6.07) is 7.76. The van der Waals surface area contributed by atoms with Gasteiger partial charge in [-0.25, -0.2) is 0 Å². The van der Waals surface area contributed by atoms with Crippen LogP contribution in [0.25, 0.3) is 0 Å². The highest BCUT2D eigenvalue weighted by atomic mass is 16.5. The Morgan fingerprint density at radius 1 is 1.12 bits per heavy atom. The number of carbonyl (C=O) groups is 2. The molecule has 32 heavy (non-hydrogen) atoms. The van der Waals surface area contributed by atoms with Crippen LogP contribution in [0.4, 0.5) is 0 Å². The Bertz CT molecular complexity index is 846. The molecule has 0 unspecified atom stereocenters. The summed E-state index contributed by atoms with van der Waals surface area (Å²) in [6.07, 6.45) is 3.22. The number of piperidine rings is 1. The van der Waals surface area contributed by atoms with Gasteiger partial charge in [0.15, 0.2) is 0 Å². The van der Waals surface area contributed by atoms with Gasteiger partial charge in [-0.1, -0.05) is 26.0 Å². The third-order valence-electron chi connectivity index (χ3n) is 8.11. The number of methoxy groups -OCH3 is 1. The lowest BCUT2D eigenvalue weighted by Crippen LogP contribution is -2.53. The molecule has 0 bridgehead atoms. The first-order chi connectivity index (χ1) is 15.3. The van der Waals surface area contributed by atoms with Crippen LogP contribution >= 0.6 is 0 Å². The van der Waals surface area contributed by atoms with Crippen molar-refractivity contribution in [2.24, 2.45) is 16.7 Å². The predicted molar refractivity (Wildman–Crippen MR) is 126 cm³/mol. The number of ether oxygens (including phenoxy) is 1. The zero-order chi connectivity index (χ0) is 22.9. The number of hydrogen-bond acceptors (Lipinski definition) is 4. The highest BCUT2D eigenvalue weighted by Crippen LogP contribution is 2.57. The lowest BCUT2D eigenvalue weighted by atomic mass is 9.60. The Hall–Kier alpha value is -2.08. The van der Waals surface area contributed by atoms with E-state index in [4.69, 9.17) is 4.74 Å². The normalized spacial score (nSPS) is 25.5. The minimum Gasteiger partial charge on any atom is -0.497 e. The number of rotatable bonds is 6. The van der Waals surface area contributed by atoms with E-state index >= 15 is 0 Å². The average molecular weight is 442 g/mol. The van der Waals surface area contributed by atoms with Crippen LogP contribution in [0.2, 0.25) is 0 Å². The molecule has 3 aliphatic heterocycles. The fourth-order valence-electron chi connectivity index (χ4n) is 6.50. The van der Waals surface area contributed by atoms with Gasteiger partial charge in [0.2, 0.25) is 11.8 Å². The molecular weight excluding hydrogens is 402 g/mol. The molecule has 0 aliphatic carbocycles. The van der Waals surface area contributed by atoms with Gasteiger partial charge < -0.3 is 19.4 Å². The molecule has 1 atom stereocenters. The molecule has 0 aromatic heterocycles. The number of fused-ring (bicyclic) bond motifs is 1. The summed E-state index contributed by atoms with van der Waals surface area (Å²) in [5, 5.41) is 0. The second-order valence-electron chi connectivity index (χ2n) is 10.5. The Morgan fingerprint density at radius 2 is 1.88 bits per heavy atom. The number of carbonyl (C=O) groups excluding carboxylic acids is 2. The zero-order valence-corrected chi connectivity index (χ0v) is 20.2. The highest BCUT2D eigenvalue weighted by Gasteiger charge is 2.64. The monoisotopic (exact) mass is 441 g/mol. The van der Waals surface area contributed by atoms with Crippen molar-refractivity contribution in [3.63, 3.8) is 0 Å². The van der Waals surface area contributed by atoms with Gasteiger partial charge in [0.25, 0.3) is 0 Å². The van der Waals surface area contributed by atoms with Gasteiger partial charge in [0, 0.05) is 51.2 Å². The van der Waals surface area contributed by atoms with Gasteiger partial charge in [-0.05, 0) is 49.8 Å². The standard InChI is InChI=1S/C26H39N3O3/c1-5-28-14-11-26(24(28)31)19-27(17-20(2)3)18-25(26)9-12-29(13-10-25)23(30)16-21-7-6-8-22(15-21)32-4/h6-8,15,20H,5,9-14,16-19H2,1-4H3/t26-/m1/s1. The van der Waals surface area contributed by atoms with Gasteiger partial charge in [-0.15, -0.1) is 0 Å². The summed E-state index contributed by atoms with van der Waals surface area (Å²) in [7, 11) is 1.65. The molecule has 0 N–H and O–H groups in total. The maximum absolute atomic E-state index is 13.6. The SMILES string of the molecule is CCN1CC[C@@]2(CN(CC(C)C)CC23CCN(C(=O)Cc2cccc(OC)c2)CC3)C1=O. The van der Waals surface area contributed by atoms with Crippen LogP contribution < -0.4 is 4.74 Å². The van der Waals surface area contributed by atoms with Gasteiger partial charge in [-0.2, -0.15) is 0 Å². The summed E-state index contributed by atoms with van der Waals surface area (Å²) in [5.41, 5.74) is 0.717. The molecule has 2 spiro atoms. The quantitative estimate of drug-likeness (QED) is 0.681. The second kappa shape index (κ2) is 9.05. The van der Waals surface area contributed by atoms with Crippen LogP contribution in [-0.2, 0) is 16.0 Å². The van der Waals surface area contributed by atoms with Crippen LogP contribution in [0.3, 0.4) is 0 Å². The van der Waals surface area contributed by atoms with E-state index in [1.165, 1.54) is 0 Å². The largest absolute Gasteiger partial charge is 0.497 e. The average Bonchev–Trinajstić information content (AvgIpc) is 3.25. The third-order valence-corrected chi connectivity index (χ3v) is 8.11. The van der Waals surface area contributed by atoms with Crippen molar-refractivity contribution >= 4 is 11.8 Å². The number of benzene rings is 1. The molecule has 3 saturated heterocycles. The van der Waals surface area contributed by atoms with Crippen molar-refractivity contribution < 1.29 is 14.3 Å². The van der Waals surface area contributed by atoms with Crippen LogP contribution in [0.15, 0.2) is 24.3 Å². The first kappa shape index (κ1) is 23.1. The van der Waals surface area contributed by atoms with E-state index in [-0.39, 0.29) is 16.7 Å². The summed E-state index contributed by atoms with van der Waals surface area (Å²) < 4.78 is 5.30. The van der Waals surface area contributed by atoms with Crippen molar-refractivity contribution in [3.05, 3.63) is 29.8 Å². The Labute approximate surface area is 192 Å². The van der Waals surface area contributed by atoms with Crippen LogP contribution in [-0.4, -0.2) is 79.4 Å². The number of nitrogens with zero attached hydrogens (tertiary/aromatic N) is 3. The minimum absolute atomic E-state index is 0.00432. The minimum atomic E-state index is -0.264. The molecule has 4 rings (SSSR count). The first-order valence-electron chi connectivity index (χ1n) is 12.2. The lowest BCUT2D eigenvalue weighted by molar-refractivity contribution is -0.143. The molecule has 0 radical (unpaired) electrons. The maximum atomic E-state index is 13.6. The predicted octanol–water partition coefficient (Wildman–Crippen LogP) is 3.06. The van der Waals surface area contributed by atoms with E-state index in [9.17, 15) is 9.59 Å². The lowest BCUT2D eigenvalue weighted by Gasteiger charge is -2.47. The highest BCUT2D eigenvalue weighted by molar-refractivity contribution is 5.87. The van der Waals surface area contributed by atoms with Crippen molar-refractivity contribution in [1.82, 2.24) is 14.7 Å². The zero-order valence-electron chi connectivity index (χ0n) is 20.2. The van der Waals surface area contributed by atoms with Gasteiger partial charge >= 0.3 is 0 Å². The summed E-state index contributed by atoms with van der Waals surface area (Å²) in [4.78, 5) is 33.3. The van der Waals surface area contributed by atoms with E-state index in [2.05, 4.69) is 30.6 Å². The van der Waals surface area contributed by atoms with Crippen LogP contribution in [0, 0.1) is 16.7 Å². The van der Waals surface area contributed by atoms with E-state index in [0.29, 0.717) is 18.2 Å². The molecule has 6 heteroatoms. The first-order valence-corrected chi connectivity index (χ1v) is 12.2. The molecule has 0 saturated carbocycles. The van der Waals surface area contributed by atoms with Crippen LogP contribution in [0.1, 0.15) is 45.6 Å². The van der Waals surface area contributed by atoms with Crippen molar-refractivity contribution in [1.29, 1.82) is 0 Å². The molecule has 3 aliphatic rings. The summed E-state index contributed by atoms with van der Waals surface area (Å²) >= 11 is 0. The van der Waals surface area contributed by atoms with Crippen LogP contribution in [0.5, 0.6) is 5.75 Å². The fourth-order valence-corrected chi connectivity index (χ4v) is 6.50. The molecule has 3 fully saturated rings. The fraction of sp³-hybridized carbons (Fsp3) is 0.692. The summed E-state index contributed by atoms with van der Waals surface area (Å²) in [5.74, 6) is 1.91. The van der Waals surface area contributed by atoms with Crippen molar-refractivity contribution in [3.8, 4) is 5.75 Å². The smallest absolute Gasteiger partial charge is 0.230 e. The van der Waals surface area contributed by atoms with Crippen molar-refractivity contribution in [2.75, 3.05) is 52.9 Å². The molecule has 3 heterocycles. The van der Waals surface area contributed by atoms with Gasteiger partial charge in [0.1, 0.15) is 5.75 Å². The van der Waals surface area contributed by atoms with E-state index in [1.807, 2.05) is 29.2 Å². The Morgan fingerprint density at radius 3 is 2.50 bits per heavy atom. The molecule has 1 aromatic rings. The Kier molecular flexibility index (Phi) is 6.53. The third kappa shape index (κ3) is 4.02. The van der Waals surface area contributed by atoms with E-state index in [0.717, 1.165) is 76.4 Å². The van der Waals surface area contributed by atoms with E-state index < -0.39 is 0 Å². The van der Waals surface area contributed by atoms with Gasteiger partial charge in [0.05, 0.1) is 18.9 Å². The van der Waals surface area contributed by atoms with Gasteiger partial charge in [-0.3, -0.25) is 9.59 Å². The second-order valence-corrected chi connectivity index (χ2v) is 10.5. The topological polar surface area (TPSA) is 53.1 Å². The number of likely N-dealkylation sites (tertiary alicyclic amines) is 3. The molecule has 2 amide bonds. The van der Waals surface area contributed by atoms with Crippen molar-refractivity contribution in [2.45, 2.75) is 46.5 Å². The molecule has 6 nitrogen and oxygen atoms in total. The summed E-state index contributed by atoms with van der Waals surface area (Å²) in [6.45, 7) is 12.7. The molecule has 1 aromatic carbocycles. The molecule has 176 valence electrons. The number of amides is 2. The maximum Gasteiger partial charge on any atom is 0.230 e. The van der Waals surface area contributed by atoms with E-state index in [1.54, 1.807) is 7.11 Å².